The first-order chi connectivity index (χ1) is 12.8. The third-order valence-electron chi connectivity index (χ3n) is 4.80. The lowest BCUT2D eigenvalue weighted by Crippen LogP contribution is -2.26. The number of hydrogen-bond acceptors (Lipinski definition) is 5. The Morgan fingerprint density at radius 2 is 2.04 bits per heavy atom. The van der Waals surface area contributed by atoms with Crippen LogP contribution in [0.1, 0.15) is 25.7 Å². The largest absolute Gasteiger partial charge is 0.353 e. The van der Waals surface area contributed by atoms with Crippen molar-refractivity contribution in [1.82, 2.24) is 0 Å². The van der Waals surface area contributed by atoms with Crippen molar-refractivity contribution >= 4 is 34.9 Å². The quantitative estimate of drug-likeness (QED) is 0.450. The van der Waals surface area contributed by atoms with Crippen LogP contribution in [0.5, 0.6) is 0 Å². The van der Waals surface area contributed by atoms with E-state index in [9.17, 15) is 0 Å². The molecular formula is C21H25NO2S2. The summed E-state index contributed by atoms with van der Waals surface area (Å²) in [5, 5.41) is 0. The average Bonchev–Trinajstić information content (AvgIpc) is 2.71. The zero-order valence-electron chi connectivity index (χ0n) is 15.1. The number of thioether (sulfide) groups is 1. The fraction of sp³-hybridized carbons (Fsp3) is 0.429. The minimum absolute atomic E-state index is 0.00308. The van der Waals surface area contributed by atoms with Crippen LogP contribution in [-0.2, 0) is 9.47 Å². The van der Waals surface area contributed by atoms with E-state index in [2.05, 4.69) is 53.6 Å². The van der Waals surface area contributed by atoms with Gasteiger partial charge < -0.3 is 14.4 Å². The Bertz CT molecular complexity index is 747. The molecule has 5 heteroatoms. The van der Waals surface area contributed by atoms with Crippen LogP contribution in [0.4, 0.5) is 11.4 Å². The van der Waals surface area contributed by atoms with Crippen molar-refractivity contribution in [3.05, 3.63) is 42.5 Å². The summed E-state index contributed by atoms with van der Waals surface area (Å²) in [4.78, 5) is 6.42. The maximum atomic E-state index is 5.94. The van der Waals surface area contributed by atoms with Gasteiger partial charge in [0.1, 0.15) is 0 Å². The Morgan fingerprint density at radius 1 is 1.15 bits per heavy atom. The van der Waals surface area contributed by atoms with Crippen LogP contribution in [-0.4, -0.2) is 32.3 Å². The van der Waals surface area contributed by atoms with Crippen LogP contribution in [0.3, 0.4) is 0 Å². The Morgan fingerprint density at radius 3 is 2.88 bits per heavy atom. The number of nitrogens with zero attached hydrogens (tertiary/aromatic N) is 1. The molecule has 1 fully saturated rings. The predicted octanol–water partition coefficient (Wildman–Crippen LogP) is 5.94. The monoisotopic (exact) mass is 387 g/mol. The van der Waals surface area contributed by atoms with Gasteiger partial charge in [0.25, 0.3) is 0 Å². The topological polar surface area (TPSA) is 21.7 Å². The second-order valence-electron chi connectivity index (χ2n) is 6.58. The Hall–Kier alpha value is -1.14. The van der Waals surface area contributed by atoms with Gasteiger partial charge in [-0.05, 0) is 62.3 Å². The third kappa shape index (κ3) is 4.06. The van der Waals surface area contributed by atoms with Gasteiger partial charge in [0.2, 0.25) is 0 Å². The predicted molar refractivity (Wildman–Crippen MR) is 110 cm³/mol. The number of para-hydroxylation sites is 1. The lowest BCUT2D eigenvalue weighted by Gasteiger charge is -2.33. The van der Waals surface area contributed by atoms with Crippen molar-refractivity contribution in [2.24, 2.45) is 0 Å². The molecule has 1 atom stereocenters. The van der Waals surface area contributed by atoms with Gasteiger partial charge in [-0.1, -0.05) is 23.9 Å². The normalized spacial score (nSPS) is 19.1. The molecule has 0 aromatic heterocycles. The summed E-state index contributed by atoms with van der Waals surface area (Å²) in [6.45, 7) is 2.54. The van der Waals surface area contributed by atoms with Gasteiger partial charge in [-0.2, -0.15) is 0 Å². The number of rotatable bonds is 6. The molecule has 0 spiro atoms. The van der Waals surface area contributed by atoms with E-state index in [0.29, 0.717) is 0 Å². The molecule has 0 bridgehead atoms. The van der Waals surface area contributed by atoms with Crippen molar-refractivity contribution in [2.45, 2.75) is 46.7 Å². The molecule has 2 aromatic rings. The van der Waals surface area contributed by atoms with Crippen LogP contribution >= 0.6 is 23.5 Å². The van der Waals surface area contributed by atoms with Gasteiger partial charge in [-0.3, -0.25) is 0 Å². The second kappa shape index (κ2) is 8.70. The van der Waals surface area contributed by atoms with E-state index < -0.39 is 0 Å². The SMILES string of the molecule is CSc1ccc2c(c1)N(CCCOC1CCCCO1)c1ccccc1S2. The fourth-order valence-electron chi connectivity index (χ4n) is 3.46. The molecule has 2 aliphatic rings. The Balaban J connectivity index is 1.47. The number of ether oxygens (including phenoxy) is 2. The van der Waals surface area contributed by atoms with E-state index in [4.69, 9.17) is 9.47 Å². The average molecular weight is 388 g/mol. The molecule has 1 unspecified atom stereocenters. The van der Waals surface area contributed by atoms with Gasteiger partial charge in [0.15, 0.2) is 6.29 Å². The van der Waals surface area contributed by atoms with Crippen molar-refractivity contribution in [3.63, 3.8) is 0 Å². The second-order valence-corrected chi connectivity index (χ2v) is 8.54. The first-order valence-corrected chi connectivity index (χ1v) is 11.3. The molecule has 0 saturated carbocycles. The van der Waals surface area contributed by atoms with E-state index >= 15 is 0 Å². The zero-order valence-corrected chi connectivity index (χ0v) is 16.8. The number of hydrogen-bond donors (Lipinski definition) is 0. The molecule has 0 aliphatic carbocycles. The summed E-state index contributed by atoms with van der Waals surface area (Å²) >= 11 is 3.66. The van der Waals surface area contributed by atoms with Crippen molar-refractivity contribution in [3.8, 4) is 0 Å². The molecule has 0 radical (unpaired) electrons. The first-order valence-electron chi connectivity index (χ1n) is 9.31. The summed E-state index contributed by atoms with van der Waals surface area (Å²) in [6, 6.07) is 15.5. The van der Waals surface area contributed by atoms with E-state index in [1.807, 2.05) is 11.8 Å². The fourth-order valence-corrected chi connectivity index (χ4v) is 4.97. The molecule has 1 saturated heterocycles. The van der Waals surface area contributed by atoms with Crippen LogP contribution in [0.2, 0.25) is 0 Å². The Kier molecular flexibility index (Phi) is 6.10. The van der Waals surface area contributed by atoms with Gasteiger partial charge in [0, 0.05) is 27.8 Å². The van der Waals surface area contributed by atoms with E-state index in [1.165, 1.54) is 32.5 Å². The minimum atomic E-state index is 0.00308. The molecule has 2 heterocycles. The molecule has 3 nitrogen and oxygen atoms in total. The van der Waals surface area contributed by atoms with Crippen LogP contribution in [0.15, 0.2) is 57.2 Å². The highest BCUT2D eigenvalue weighted by atomic mass is 32.2. The smallest absolute Gasteiger partial charge is 0.157 e. The number of fused-ring (bicyclic) bond motifs is 2. The standard InChI is InChI=1S/C21H25NO2S2/c1-25-16-10-11-20-18(15-16)22(17-7-2-3-8-19(17)26-20)12-6-14-24-21-9-4-5-13-23-21/h2-3,7-8,10-11,15,21H,4-6,9,12-14H2,1H3. The lowest BCUT2D eigenvalue weighted by atomic mass is 10.2. The van der Waals surface area contributed by atoms with Gasteiger partial charge in [-0.25, -0.2) is 0 Å². The minimum Gasteiger partial charge on any atom is -0.353 e. The first kappa shape index (κ1) is 18.2. The molecule has 0 amide bonds. The molecule has 26 heavy (non-hydrogen) atoms. The van der Waals surface area contributed by atoms with E-state index in [1.54, 1.807) is 11.8 Å². The van der Waals surface area contributed by atoms with Crippen molar-refractivity contribution < 1.29 is 9.47 Å². The molecular weight excluding hydrogens is 362 g/mol. The number of anilines is 2. The highest BCUT2D eigenvalue weighted by Crippen LogP contribution is 2.48. The van der Waals surface area contributed by atoms with Gasteiger partial charge in [-0.15, -0.1) is 11.8 Å². The zero-order chi connectivity index (χ0) is 17.8. The molecule has 138 valence electrons. The molecule has 2 aromatic carbocycles. The highest BCUT2D eigenvalue weighted by Gasteiger charge is 2.23. The van der Waals surface area contributed by atoms with E-state index in [-0.39, 0.29) is 6.29 Å². The highest BCUT2D eigenvalue weighted by molar-refractivity contribution is 8.00. The lowest BCUT2D eigenvalue weighted by molar-refractivity contribution is -0.162. The summed E-state index contributed by atoms with van der Waals surface area (Å²) in [5.41, 5.74) is 2.62. The maximum absolute atomic E-state index is 5.94. The molecule has 0 N–H and O–H groups in total. The molecule has 2 aliphatic heterocycles. The maximum Gasteiger partial charge on any atom is 0.157 e. The van der Waals surface area contributed by atoms with E-state index in [0.717, 1.165) is 39.0 Å². The van der Waals surface area contributed by atoms with Crippen molar-refractivity contribution in [1.29, 1.82) is 0 Å². The summed E-state index contributed by atoms with van der Waals surface area (Å²) < 4.78 is 11.6. The van der Waals surface area contributed by atoms with Crippen LogP contribution in [0, 0.1) is 0 Å². The molecule has 4 rings (SSSR count). The van der Waals surface area contributed by atoms with Gasteiger partial charge >= 0.3 is 0 Å². The van der Waals surface area contributed by atoms with Crippen LogP contribution < -0.4 is 4.90 Å². The summed E-state index contributed by atoms with van der Waals surface area (Å²) in [5.74, 6) is 0. The van der Waals surface area contributed by atoms with Crippen LogP contribution in [0.25, 0.3) is 0 Å². The Labute approximate surface area is 164 Å². The summed E-state index contributed by atoms with van der Waals surface area (Å²) in [6.07, 6.45) is 6.53. The van der Waals surface area contributed by atoms with Crippen molar-refractivity contribution in [2.75, 3.05) is 30.9 Å². The summed E-state index contributed by atoms with van der Waals surface area (Å²) in [7, 11) is 0. The van der Waals surface area contributed by atoms with Gasteiger partial charge in [0.05, 0.1) is 18.0 Å². The third-order valence-corrected chi connectivity index (χ3v) is 6.66. The number of benzene rings is 2.